The number of carboxylic acid groups (broad SMARTS) is 1. The molecule has 0 radical (unpaired) electrons. The zero-order valence-electron chi connectivity index (χ0n) is 9.98. The van der Waals surface area contributed by atoms with E-state index in [1.165, 1.54) is 4.90 Å². The van der Waals surface area contributed by atoms with Crippen molar-refractivity contribution in [2.45, 2.75) is 38.6 Å². The fourth-order valence-corrected chi connectivity index (χ4v) is 1.83. The summed E-state index contributed by atoms with van der Waals surface area (Å²) in [5.74, 6) is -0.955. The molecule has 16 heavy (non-hydrogen) atoms. The van der Waals surface area contributed by atoms with Crippen molar-refractivity contribution in [3.63, 3.8) is 0 Å². The summed E-state index contributed by atoms with van der Waals surface area (Å²) >= 11 is 0. The van der Waals surface area contributed by atoms with Gasteiger partial charge >= 0.3 is 12.0 Å². The van der Waals surface area contributed by atoms with E-state index >= 15 is 0 Å². The lowest BCUT2D eigenvalue weighted by Gasteiger charge is -2.37. The van der Waals surface area contributed by atoms with E-state index in [1.54, 1.807) is 11.9 Å². The molecule has 1 N–H and O–H groups in total. The number of amides is 2. The molecule has 0 heterocycles. The molecule has 0 unspecified atom stereocenters. The Kier molecular flexibility index (Phi) is 4.58. The molecule has 0 saturated heterocycles. The van der Waals surface area contributed by atoms with Gasteiger partial charge in [-0.3, -0.25) is 4.79 Å². The molecular weight excluding hydrogens is 208 g/mol. The molecule has 1 aliphatic rings. The topological polar surface area (TPSA) is 60.9 Å². The summed E-state index contributed by atoms with van der Waals surface area (Å²) in [7, 11) is 1.76. The maximum Gasteiger partial charge on any atom is 0.323 e. The maximum absolute atomic E-state index is 12.0. The molecule has 1 saturated carbocycles. The van der Waals surface area contributed by atoms with Gasteiger partial charge in [-0.05, 0) is 25.7 Å². The van der Waals surface area contributed by atoms with Crippen LogP contribution in [0.4, 0.5) is 4.79 Å². The summed E-state index contributed by atoms with van der Waals surface area (Å²) in [5.41, 5.74) is 0. The number of rotatable bonds is 5. The molecule has 92 valence electrons. The van der Waals surface area contributed by atoms with Crippen molar-refractivity contribution in [2.75, 3.05) is 20.1 Å². The zero-order valence-corrected chi connectivity index (χ0v) is 9.98. The summed E-state index contributed by atoms with van der Waals surface area (Å²) < 4.78 is 0. The second-order valence-corrected chi connectivity index (χ2v) is 4.29. The first-order chi connectivity index (χ1) is 7.56. The van der Waals surface area contributed by atoms with Gasteiger partial charge in [0.25, 0.3) is 0 Å². The van der Waals surface area contributed by atoms with E-state index in [2.05, 4.69) is 0 Å². The summed E-state index contributed by atoms with van der Waals surface area (Å²) in [5, 5.41) is 8.74. The van der Waals surface area contributed by atoms with Gasteiger partial charge in [0.2, 0.25) is 0 Å². The Bertz CT molecular complexity index is 264. The maximum atomic E-state index is 12.0. The van der Waals surface area contributed by atoms with Crippen molar-refractivity contribution in [1.29, 1.82) is 0 Å². The number of carboxylic acids is 1. The lowest BCUT2D eigenvalue weighted by molar-refractivity contribution is -0.137. The number of nitrogens with zero attached hydrogens (tertiary/aromatic N) is 2. The number of urea groups is 1. The van der Waals surface area contributed by atoms with Gasteiger partial charge in [-0.25, -0.2) is 4.79 Å². The molecule has 5 heteroatoms. The highest BCUT2D eigenvalue weighted by molar-refractivity contribution is 5.80. The first-order valence-electron chi connectivity index (χ1n) is 5.79. The Morgan fingerprint density at radius 3 is 2.38 bits per heavy atom. The fourth-order valence-electron chi connectivity index (χ4n) is 1.83. The third kappa shape index (κ3) is 3.12. The third-order valence-corrected chi connectivity index (χ3v) is 3.01. The van der Waals surface area contributed by atoms with E-state index in [9.17, 15) is 9.59 Å². The first kappa shape index (κ1) is 12.8. The van der Waals surface area contributed by atoms with Crippen molar-refractivity contribution in [2.24, 2.45) is 0 Å². The van der Waals surface area contributed by atoms with Crippen LogP contribution in [-0.4, -0.2) is 53.1 Å². The van der Waals surface area contributed by atoms with E-state index in [0.717, 1.165) is 25.7 Å². The molecule has 0 spiro atoms. The van der Waals surface area contributed by atoms with E-state index in [0.29, 0.717) is 12.6 Å². The number of hydrogen-bond donors (Lipinski definition) is 1. The standard InChI is InChI=1S/C11H20N2O3/c1-3-7-13(8-10(14)15)11(16)12(2)9-5-4-6-9/h9H,3-8H2,1-2H3,(H,14,15). The Hall–Kier alpha value is -1.26. The van der Waals surface area contributed by atoms with Gasteiger partial charge in [-0.1, -0.05) is 6.92 Å². The predicted molar refractivity (Wildman–Crippen MR) is 60.3 cm³/mol. The molecular formula is C11H20N2O3. The predicted octanol–water partition coefficient (Wildman–Crippen LogP) is 1.39. The Labute approximate surface area is 96.0 Å². The average molecular weight is 228 g/mol. The zero-order chi connectivity index (χ0) is 12.1. The first-order valence-corrected chi connectivity index (χ1v) is 5.79. The summed E-state index contributed by atoms with van der Waals surface area (Å²) in [6, 6.07) is 0.148. The lowest BCUT2D eigenvalue weighted by atomic mass is 9.92. The van der Waals surface area contributed by atoms with Gasteiger partial charge in [0.05, 0.1) is 0 Å². The monoisotopic (exact) mass is 228 g/mol. The molecule has 5 nitrogen and oxygen atoms in total. The number of carbonyl (C=O) groups is 2. The highest BCUT2D eigenvalue weighted by Crippen LogP contribution is 2.24. The second kappa shape index (κ2) is 5.72. The fraction of sp³-hybridized carbons (Fsp3) is 0.818. The lowest BCUT2D eigenvalue weighted by Crippen LogP contribution is -2.49. The van der Waals surface area contributed by atoms with Gasteiger partial charge < -0.3 is 14.9 Å². The van der Waals surface area contributed by atoms with Crippen LogP contribution in [0.5, 0.6) is 0 Å². The highest BCUT2D eigenvalue weighted by atomic mass is 16.4. The molecule has 0 aliphatic heterocycles. The number of carbonyl (C=O) groups excluding carboxylic acids is 1. The van der Waals surface area contributed by atoms with Gasteiger partial charge in [0.15, 0.2) is 0 Å². The summed E-state index contributed by atoms with van der Waals surface area (Å²) in [4.78, 5) is 25.7. The molecule has 1 fully saturated rings. The van der Waals surface area contributed by atoms with Crippen molar-refractivity contribution in [3.8, 4) is 0 Å². The van der Waals surface area contributed by atoms with Crippen LogP contribution < -0.4 is 0 Å². The number of hydrogen-bond acceptors (Lipinski definition) is 2. The van der Waals surface area contributed by atoms with Crippen LogP contribution in [0.25, 0.3) is 0 Å². The minimum atomic E-state index is -0.955. The Morgan fingerprint density at radius 1 is 1.38 bits per heavy atom. The second-order valence-electron chi connectivity index (χ2n) is 4.29. The average Bonchev–Trinajstić information content (AvgIpc) is 2.12. The SMILES string of the molecule is CCCN(CC(=O)O)C(=O)N(C)C1CCC1. The normalized spacial score (nSPS) is 15.4. The highest BCUT2D eigenvalue weighted by Gasteiger charge is 2.29. The van der Waals surface area contributed by atoms with Crippen LogP contribution in [0.1, 0.15) is 32.6 Å². The summed E-state index contributed by atoms with van der Waals surface area (Å²) in [6.45, 7) is 2.23. The smallest absolute Gasteiger partial charge is 0.323 e. The Balaban J connectivity index is 2.54. The van der Waals surface area contributed by atoms with Gasteiger partial charge in [-0.15, -0.1) is 0 Å². The van der Waals surface area contributed by atoms with Crippen LogP contribution >= 0.6 is 0 Å². The molecule has 0 atom stereocenters. The minimum absolute atomic E-state index is 0.158. The molecule has 2 amide bonds. The Morgan fingerprint density at radius 2 is 2.00 bits per heavy atom. The molecule has 1 rings (SSSR count). The third-order valence-electron chi connectivity index (χ3n) is 3.01. The van der Waals surface area contributed by atoms with Gasteiger partial charge in [0.1, 0.15) is 6.54 Å². The van der Waals surface area contributed by atoms with E-state index in [4.69, 9.17) is 5.11 Å². The van der Waals surface area contributed by atoms with Crippen molar-refractivity contribution in [1.82, 2.24) is 9.80 Å². The van der Waals surface area contributed by atoms with Crippen LogP contribution in [0, 0.1) is 0 Å². The molecule has 1 aliphatic carbocycles. The van der Waals surface area contributed by atoms with Crippen molar-refractivity contribution in [3.05, 3.63) is 0 Å². The molecule has 0 aromatic rings. The van der Waals surface area contributed by atoms with Gasteiger partial charge in [-0.2, -0.15) is 0 Å². The van der Waals surface area contributed by atoms with Crippen molar-refractivity contribution < 1.29 is 14.7 Å². The van der Waals surface area contributed by atoms with Crippen LogP contribution in [0.15, 0.2) is 0 Å². The molecule has 0 aromatic carbocycles. The van der Waals surface area contributed by atoms with Gasteiger partial charge in [0, 0.05) is 19.6 Å². The largest absolute Gasteiger partial charge is 0.480 e. The van der Waals surface area contributed by atoms with E-state index in [1.807, 2.05) is 6.92 Å². The van der Waals surface area contributed by atoms with Crippen LogP contribution in [-0.2, 0) is 4.79 Å². The summed E-state index contributed by atoms with van der Waals surface area (Å²) in [6.07, 6.45) is 4.01. The molecule has 0 aromatic heterocycles. The van der Waals surface area contributed by atoms with E-state index < -0.39 is 5.97 Å². The minimum Gasteiger partial charge on any atom is -0.480 e. The number of aliphatic carboxylic acids is 1. The van der Waals surface area contributed by atoms with Crippen LogP contribution in [0.3, 0.4) is 0 Å². The quantitative estimate of drug-likeness (QED) is 0.773. The van der Waals surface area contributed by atoms with Crippen molar-refractivity contribution >= 4 is 12.0 Å². The van der Waals surface area contributed by atoms with E-state index in [-0.39, 0.29) is 12.6 Å². The van der Waals surface area contributed by atoms with Crippen LogP contribution in [0.2, 0.25) is 0 Å². The molecule has 0 bridgehead atoms.